The van der Waals surface area contributed by atoms with Crippen molar-refractivity contribution in [3.8, 4) is 0 Å². The van der Waals surface area contributed by atoms with Crippen LogP contribution >= 0.6 is 31.9 Å². The number of epoxide rings is 1. The quantitative estimate of drug-likeness (QED) is 0.349. The Bertz CT molecular complexity index is 932. The molecule has 112 valence electrons. The average molecular weight is 426 g/mol. The molecule has 1 aliphatic rings. The molecule has 0 spiro atoms. The van der Waals surface area contributed by atoms with Gasteiger partial charge >= 0.3 is 0 Å². The van der Waals surface area contributed by atoms with Gasteiger partial charge in [-0.15, -0.1) is 0 Å². The first kappa shape index (κ1) is 14.2. The third kappa shape index (κ3) is 2.24. The second-order valence-electron chi connectivity index (χ2n) is 5.31. The number of benzene rings is 2. The van der Waals surface area contributed by atoms with Gasteiger partial charge in [0.15, 0.2) is 0 Å². The van der Waals surface area contributed by atoms with E-state index in [0.29, 0.717) is 23.1 Å². The standard InChI is InChI=1S/C15H10Br2N2O3/c16-8-1-2-13-11(3-8)12-4-9(17)5-14(19(20)21)15(12)18(13)6-10-7-22-10/h1-5,10H,6-7H2. The zero-order valence-electron chi connectivity index (χ0n) is 11.3. The van der Waals surface area contributed by atoms with Crippen LogP contribution in [-0.4, -0.2) is 22.2 Å². The van der Waals surface area contributed by atoms with Crippen molar-refractivity contribution in [3.05, 3.63) is 49.4 Å². The molecule has 1 aliphatic heterocycles. The number of nitro benzene ring substituents is 1. The Hall–Kier alpha value is -1.44. The number of halogens is 2. The number of rotatable bonds is 3. The predicted octanol–water partition coefficient (Wildman–Crippen LogP) is 4.63. The summed E-state index contributed by atoms with van der Waals surface area (Å²) >= 11 is 6.86. The van der Waals surface area contributed by atoms with Crippen molar-refractivity contribution >= 4 is 59.4 Å². The zero-order chi connectivity index (χ0) is 15.4. The van der Waals surface area contributed by atoms with E-state index >= 15 is 0 Å². The van der Waals surface area contributed by atoms with E-state index in [-0.39, 0.29) is 16.7 Å². The number of non-ortho nitro benzene ring substituents is 1. The fourth-order valence-corrected chi connectivity index (χ4v) is 3.67. The molecule has 2 heterocycles. The van der Waals surface area contributed by atoms with Crippen LogP contribution in [0.3, 0.4) is 0 Å². The minimum atomic E-state index is -0.328. The topological polar surface area (TPSA) is 60.6 Å². The summed E-state index contributed by atoms with van der Waals surface area (Å²) in [6.45, 7) is 1.34. The highest BCUT2D eigenvalue weighted by Crippen LogP contribution is 2.39. The largest absolute Gasteiger partial charge is 0.371 e. The van der Waals surface area contributed by atoms with Gasteiger partial charge < -0.3 is 9.30 Å². The number of nitro groups is 1. The minimum Gasteiger partial charge on any atom is -0.371 e. The van der Waals surface area contributed by atoms with E-state index in [9.17, 15) is 10.1 Å². The van der Waals surface area contributed by atoms with E-state index in [1.807, 2.05) is 28.8 Å². The Morgan fingerprint density at radius 3 is 2.64 bits per heavy atom. The van der Waals surface area contributed by atoms with Crippen LogP contribution in [0.25, 0.3) is 21.8 Å². The molecule has 4 rings (SSSR count). The molecule has 2 aromatic carbocycles. The highest BCUT2D eigenvalue weighted by atomic mass is 79.9. The van der Waals surface area contributed by atoms with Crippen LogP contribution in [-0.2, 0) is 11.3 Å². The van der Waals surface area contributed by atoms with E-state index < -0.39 is 0 Å². The Morgan fingerprint density at radius 2 is 1.95 bits per heavy atom. The molecule has 5 nitrogen and oxygen atoms in total. The normalized spacial score (nSPS) is 17.3. The number of aromatic nitrogens is 1. The van der Waals surface area contributed by atoms with Gasteiger partial charge in [0.2, 0.25) is 0 Å². The van der Waals surface area contributed by atoms with Crippen LogP contribution in [0.1, 0.15) is 0 Å². The molecule has 1 atom stereocenters. The van der Waals surface area contributed by atoms with Crippen LogP contribution in [0.15, 0.2) is 39.3 Å². The lowest BCUT2D eigenvalue weighted by Crippen LogP contribution is -2.05. The summed E-state index contributed by atoms with van der Waals surface area (Å²) in [6, 6.07) is 9.42. The third-order valence-corrected chi connectivity index (χ3v) is 4.80. The van der Waals surface area contributed by atoms with E-state index in [1.54, 1.807) is 6.07 Å². The van der Waals surface area contributed by atoms with Crippen molar-refractivity contribution < 1.29 is 9.66 Å². The van der Waals surface area contributed by atoms with Gasteiger partial charge in [0.05, 0.1) is 24.2 Å². The van der Waals surface area contributed by atoms with Gasteiger partial charge in [-0.25, -0.2) is 0 Å². The highest BCUT2D eigenvalue weighted by Gasteiger charge is 2.28. The summed E-state index contributed by atoms with van der Waals surface area (Å²) in [5.74, 6) is 0. The second-order valence-corrected chi connectivity index (χ2v) is 7.14. The van der Waals surface area contributed by atoms with Crippen LogP contribution in [0.5, 0.6) is 0 Å². The van der Waals surface area contributed by atoms with Crippen molar-refractivity contribution in [2.45, 2.75) is 12.6 Å². The Kier molecular flexibility index (Phi) is 3.25. The van der Waals surface area contributed by atoms with Gasteiger partial charge in [-0.05, 0) is 24.3 Å². The number of ether oxygens (including phenoxy) is 1. The summed E-state index contributed by atoms with van der Waals surface area (Å²) in [5, 5.41) is 13.4. The highest BCUT2D eigenvalue weighted by molar-refractivity contribution is 9.10. The molecule has 1 fully saturated rings. The van der Waals surface area contributed by atoms with Crippen molar-refractivity contribution in [1.82, 2.24) is 4.57 Å². The SMILES string of the molecule is O=[N+]([O-])c1cc(Br)cc2c3cc(Br)ccc3n(CC3CO3)c12. The molecule has 0 N–H and O–H groups in total. The molecule has 22 heavy (non-hydrogen) atoms. The smallest absolute Gasteiger partial charge is 0.294 e. The van der Waals surface area contributed by atoms with E-state index in [1.165, 1.54) is 0 Å². The predicted molar refractivity (Wildman–Crippen MR) is 91.2 cm³/mol. The lowest BCUT2D eigenvalue weighted by atomic mass is 10.1. The monoisotopic (exact) mass is 424 g/mol. The van der Waals surface area contributed by atoms with Crippen LogP contribution in [0, 0.1) is 10.1 Å². The van der Waals surface area contributed by atoms with Crippen LogP contribution in [0.2, 0.25) is 0 Å². The van der Waals surface area contributed by atoms with Crippen molar-refractivity contribution in [2.24, 2.45) is 0 Å². The molecule has 1 aromatic heterocycles. The first-order chi connectivity index (χ1) is 10.5. The molecular weight excluding hydrogens is 416 g/mol. The zero-order valence-corrected chi connectivity index (χ0v) is 14.4. The Morgan fingerprint density at radius 1 is 1.23 bits per heavy atom. The molecule has 7 heteroatoms. The molecule has 0 radical (unpaired) electrons. The lowest BCUT2D eigenvalue weighted by molar-refractivity contribution is -0.383. The number of hydrogen-bond donors (Lipinski definition) is 0. The van der Waals surface area contributed by atoms with Crippen LogP contribution < -0.4 is 0 Å². The molecule has 0 bridgehead atoms. The van der Waals surface area contributed by atoms with Gasteiger partial charge in [0, 0.05) is 31.3 Å². The summed E-state index contributed by atoms with van der Waals surface area (Å²) in [5.41, 5.74) is 1.74. The lowest BCUT2D eigenvalue weighted by Gasteiger charge is -2.05. The van der Waals surface area contributed by atoms with Gasteiger partial charge in [0.1, 0.15) is 5.52 Å². The third-order valence-electron chi connectivity index (χ3n) is 3.85. The average Bonchev–Trinajstić information content (AvgIpc) is 3.23. The molecule has 3 aromatic rings. The van der Waals surface area contributed by atoms with Gasteiger partial charge in [0.25, 0.3) is 5.69 Å². The Labute approximate surface area is 142 Å². The molecule has 0 aliphatic carbocycles. The van der Waals surface area contributed by atoms with Gasteiger partial charge in [-0.3, -0.25) is 10.1 Å². The van der Waals surface area contributed by atoms with Gasteiger partial charge in [-0.2, -0.15) is 0 Å². The summed E-state index contributed by atoms with van der Waals surface area (Å²) < 4.78 is 8.97. The van der Waals surface area contributed by atoms with E-state index in [2.05, 4.69) is 31.9 Å². The molecule has 0 amide bonds. The first-order valence-electron chi connectivity index (χ1n) is 6.71. The van der Waals surface area contributed by atoms with E-state index in [0.717, 1.165) is 20.8 Å². The second kappa shape index (κ2) is 5.04. The fourth-order valence-electron chi connectivity index (χ4n) is 2.86. The molecule has 0 saturated carbocycles. The first-order valence-corrected chi connectivity index (χ1v) is 8.30. The molecule has 1 saturated heterocycles. The maximum Gasteiger partial charge on any atom is 0.294 e. The fraction of sp³-hybridized carbons (Fsp3) is 0.200. The van der Waals surface area contributed by atoms with Crippen molar-refractivity contribution in [3.63, 3.8) is 0 Å². The minimum absolute atomic E-state index is 0.109. The van der Waals surface area contributed by atoms with Crippen molar-refractivity contribution in [2.75, 3.05) is 6.61 Å². The molecule has 1 unspecified atom stereocenters. The van der Waals surface area contributed by atoms with E-state index in [4.69, 9.17) is 4.74 Å². The number of hydrogen-bond acceptors (Lipinski definition) is 3. The van der Waals surface area contributed by atoms with Crippen LogP contribution in [0.4, 0.5) is 5.69 Å². The maximum absolute atomic E-state index is 11.5. The summed E-state index contributed by atoms with van der Waals surface area (Å²) in [7, 11) is 0. The maximum atomic E-state index is 11.5. The van der Waals surface area contributed by atoms with Gasteiger partial charge in [-0.1, -0.05) is 31.9 Å². The van der Waals surface area contributed by atoms with Crippen molar-refractivity contribution in [1.29, 1.82) is 0 Å². The number of nitrogens with zero attached hydrogens (tertiary/aromatic N) is 2. The summed E-state index contributed by atoms with van der Waals surface area (Å²) in [4.78, 5) is 11.2. The Balaban J connectivity index is 2.16. The molecular formula is C15H10Br2N2O3. The summed E-state index contributed by atoms with van der Waals surface area (Å²) in [6.07, 6.45) is 0.144. The number of fused-ring (bicyclic) bond motifs is 3.